The molecular formula is C13H18O4. The summed E-state index contributed by atoms with van der Waals surface area (Å²) < 4.78 is 10.2. The van der Waals surface area contributed by atoms with Crippen molar-refractivity contribution in [1.82, 2.24) is 0 Å². The van der Waals surface area contributed by atoms with Gasteiger partial charge in [-0.05, 0) is 12.1 Å². The normalized spacial score (nSPS) is 12.2. The number of aliphatic hydroxyl groups excluding tert-OH is 1. The fraction of sp³-hybridized carbons (Fsp3) is 0.462. The number of ether oxygens (including phenoxy) is 2. The summed E-state index contributed by atoms with van der Waals surface area (Å²) in [7, 11) is 1.51. The third kappa shape index (κ3) is 4.17. The Morgan fingerprint density at radius 1 is 1.35 bits per heavy atom. The molecule has 0 heterocycles. The second-order valence-corrected chi connectivity index (χ2v) is 3.69. The van der Waals surface area contributed by atoms with Crippen LogP contribution in [-0.4, -0.2) is 37.3 Å². The molecule has 4 heteroatoms. The summed E-state index contributed by atoms with van der Waals surface area (Å²) in [6.07, 6.45) is -0.258. The van der Waals surface area contributed by atoms with Crippen molar-refractivity contribution in [3.63, 3.8) is 0 Å². The Bertz CT molecular complexity index is 362. The van der Waals surface area contributed by atoms with Crippen LogP contribution in [0, 0.1) is 0 Å². The van der Waals surface area contributed by atoms with Gasteiger partial charge in [0.15, 0.2) is 5.78 Å². The van der Waals surface area contributed by atoms with Gasteiger partial charge in [-0.1, -0.05) is 19.1 Å². The standard InChI is InChI=1S/C13H18O4/c1-3-12(15)11-6-4-5-7-13(11)17-9-10(14)8-16-2/h4-7,10,14H,3,8-9H2,1-2H3. The van der Waals surface area contributed by atoms with Crippen molar-refractivity contribution in [2.24, 2.45) is 0 Å². The molecule has 1 aromatic carbocycles. The molecule has 94 valence electrons. The van der Waals surface area contributed by atoms with E-state index in [1.54, 1.807) is 31.2 Å². The number of rotatable bonds is 7. The molecule has 0 bridgehead atoms. The van der Waals surface area contributed by atoms with Crippen LogP contribution in [0.4, 0.5) is 0 Å². The van der Waals surface area contributed by atoms with Gasteiger partial charge in [-0.15, -0.1) is 0 Å². The molecule has 1 aromatic rings. The van der Waals surface area contributed by atoms with Gasteiger partial charge >= 0.3 is 0 Å². The molecule has 0 saturated heterocycles. The highest BCUT2D eigenvalue weighted by atomic mass is 16.5. The predicted octanol–water partition coefficient (Wildman–Crippen LogP) is 1.67. The minimum absolute atomic E-state index is 0.0295. The first kappa shape index (κ1) is 13.7. The Labute approximate surface area is 101 Å². The van der Waals surface area contributed by atoms with Crippen LogP contribution in [0.25, 0.3) is 0 Å². The smallest absolute Gasteiger partial charge is 0.166 e. The zero-order valence-electron chi connectivity index (χ0n) is 10.2. The van der Waals surface area contributed by atoms with E-state index in [-0.39, 0.29) is 19.0 Å². The van der Waals surface area contributed by atoms with Gasteiger partial charge in [-0.2, -0.15) is 0 Å². The second kappa shape index (κ2) is 7.04. The maximum absolute atomic E-state index is 11.6. The molecular weight excluding hydrogens is 220 g/mol. The van der Waals surface area contributed by atoms with Crippen LogP contribution in [0.2, 0.25) is 0 Å². The van der Waals surface area contributed by atoms with Crippen LogP contribution in [-0.2, 0) is 4.74 Å². The van der Waals surface area contributed by atoms with E-state index < -0.39 is 6.10 Å². The third-order valence-electron chi connectivity index (χ3n) is 2.30. The lowest BCUT2D eigenvalue weighted by atomic mass is 10.1. The minimum Gasteiger partial charge on any atom is -0.490 e. The number of hydrogen-bond acceptors (Lipinski definition) is 4. The van der Waals surface area contributed by atoms with Crippen molar-refractivity contribution < 1.29 is 19.4 Å². The van der Waals surface area contributed by atoms with E-state index >= 15 is 0 Å². The number of ketones is 1. The van der Waals surface area contributed by atoms with Crippen molar-refractivity contribution in [1.29, 1.82) is 0 Å². The molecule has 0 spiro atoms. The van der Waals surface area contributed by atoms with Crippen LogP contribution in [0.5, 0.6) is 5.75 Å². The molecule has 0 aromatic heterocycles. The van der Waals surface area contributed by atoms with Gasteiger partial charge in [-0.25, -0.2) is 0 Å². The number of carbonyl (C=O) groups is 1. The number of Topliss-reactive ketones (excluding diaryl/α,β-unsaturated/α-hetero) is 1. The van der Waals surface area contributed by atoms with E-state index in [2.05, 4.69) is 0 Å². The van der Waals surface area contributed by atoms with E-state index in [9.17, 15) is 9.90 Å². The van der Waals surface area contributed by atoms with Crippen LogP contribution in [0.1, 0.15) is 23.7 Å². The number of para-hydroxylation sites is 1. The predicted molar refractivity (Wildman–Crippen MR) is 64.4 cm³/mol. The first-order valence-electron chi connectivity index (χ1n) is 5.61. The molecule has 1 N–H and O–H groups in total. The number of benzene rings is 1. The quantitative estimate of drug-likeness (QED) is 0.734. The van der Waals surface area contributed by atoms with E-state index in [0.29, 0.717) is 17.7 Å². The summed E-state index contributed by atoms with van der Waals surface area (Å²) >= 11 is 0. The van der Waals surface area contributed by atoms with Gasteiger partial charge in [0.1, 0.15) is 18.5 Å². The number of carbonyl (C=O) groups excluding carboxylic acids is 1. The highest BCUT2D eigenvalue weighted by Gasteiger charge is 2.11. The topological polar surface area (TPSA) is 55.8 Å². The summed E-state index contributed by atoms with van der Waals surface area (Å²) in [5.74, 6) is 0.538. The summed E-state index contributed by atoms with van der Waals surface area (Å²) in [6.45, 7) is 2.13. The number of aliphatic hydroxyl groups is 1. The van der Waals surface area contributed by atoms with Crippen molar-refractivity contribution in [3.8, 4) is 5.75 Å². The zero-order chi connectivity index (χ0) is 12.7. The first-order chi connectivity index (χ1) is 8.19. The van der Waals surface area contributed by atoms with Gasteiger partial charge in [0.2, 0.25) is 0 Å². The van der Waals surface area contributed by atoms with Crippen LogP contribution in [0.3, 0.4) is 0 Å². The molecule has 1 atom stereocenters. The molecule has 0 radical (unpaired) electrons. The van der Waals surface area contributed by atoms with E-state index in [1.165, 1.54) is 7.11 Å². The van der Waals surface area contributed by atoms with E-state index in [1.807, 2.05) is 0 Å². The maximum atomic E-state index is 11.6. The first-order valence-corrected chi connectivity index (χ1v) is 5.61. The van der Waals surface area contributed by atoms with Gasteiger partial charge < -0.3 is 14.6 Å². The Balaban J connectivity index is 2.67. The lowest BCUT2D eigenvalue weighted by molar-refractivity contribution is 0.0323. The Hall–Kier alpha value is -1.39. The highest BCUT2D eigenvalue weighted by molar-refractivity contribution is 5.98. The summed E-state index contributed by atoms with van der Waals surface area (Å²) in [5, 5.41) is 9.46. The van der Waals surface area contributed by atoms with Crippen LogP contribution >= 0.6 is 0 Å². The molecule has 0 fully saturated rings. The summed E-state index contributed by atoms with van der Waals surface area (Å²) in [4.78, 5) is 11.6. The average molecular weight is 238 g/mol. The second-order valence-electron chi connectivity index (χ2n) is 3.69. The Morgan fingerprint density at radius 3 is 2.71 bits per heavy atom. The lowest BCUT2D eigenvalue weighted by Crippen LogP contribution is -2.23. The largest absolute Gasteiger partial charge is 0.490 e. The molecule has 0 saturated carbocycles. The average Bonchev–Trinajstić information content (AvgIpc) is 2.36. The molecule has 1 unspecified atom stereocenters. The van der Waals surface area contributed by atoms with Crippen molar-refractivity contribution in [2.45, 2.75) is 19.4 Å². The Kier molecular flexibility index (Phi) is 5.66. The minimum atomic E-state index is -0.690. The Morgan fingerprint density at radius 2 is 2.06 bits per heavy atom. The molecule has 0 aliphatic carbocycles. The summed E-state index contributed by atoms with van der Waals surface area (Å²) in [6, 6.07) is 7.04. The summed E-state index contributed by atoms with van der Waals surface area (Å²) in [5.41, 5.74) is 0.555. The van der Waals surface area contributed by atoms with Gasteiger partial charge in [-0.3, -0.25) is 4.79 Å². The fourth-order valence-electron chi connectivity index (χ4n) is 1.44. The van der Waals surface area contributed by atoms with E-state index in [0.717, 1.165) is 0 Å². The van der Waals surface area contributed by atoms with Crippen LogP contribution in [0.15, 0.2) is 24.3 Å². The zero-order valence-corrected chi connectivity index (χ0v) is 10.2. The van der Waals surface area contributed by atoms with Gasteiger partial charge in [0, 0.05) is 13.5 Å². The fourth-order valence-corrected chi connectivity index (χ4v) is 1.44. The van der Waals surface area contributed by atoms with Crippen molar-refractivity contribution in [2.75, 3.05) is 20.3 Å². The molecule has 1 rings (SSSR count). The molecule has 17 heavy (non-hydrogen) atoms. The lowest BCUT2D eigenvalue weighted by Gasteiger charge is -2.13. The van der Waals surface area contributed by atoms with Crippen molar-refractivity contribution >= 4 is 5.78 Å². The monoisotopic (exact) mass is 238 g/mol. The van der Waals surface area contributed by atoms with Gasteiger partial charge in [0.05, 0.1) is 12.2 Å². The SMILES string of the molecule is CCC(=O)c1ccccc1OCC(O)COC. The number of hydrogen-bond donors (Lipinski definition) is 1. The maximum Gasteiger partial charge on any atom is 0.166 e. The molecule has 4 nitrogen and oxygen atoms in total. The molecule has 0 aliphatic rings. The van der Waals surface area contributed by atoms with Gasteiger partial charge in [0.25, 0.3) is 0 Å². The molecule has 0 aliphatic heterocycles. The number of methoxy groups -OCH3 is 1. The highest BCUT2D eigenvalue weighted by Crippen LogP contribution is 2.19. The van der Waals surface area contributed by atoms with Crippen molar-refractivity contribution in [3.05, 3.63) is 29.8 Å². The van der Waals surface area contributed by atoms with Crippen LogP contribution < -0.4 is 4.74 Å². The third-order valence-corrected chi connectivity index (χ3v) is 2.30. The molecule has 0 amide bonds. The van der Waals surface area contributed by atoms with E-state index in [4.69, 9.17) is 9.47 Å².